The maximum absolute atomic E-state index is 9.72. The zero-order chi connectivity index (χ0) is 5.86. The zero-order valence-electron chi connectivity index (χ0n) is 3.72. The van der Waals surface area contributed by atoms with Gasteiger partial charge in [-0.05, 0) is 6.92 Å². The Bertz CT molecular complexity index is 71.3. The Morgan fingerprint density at radius 3 is 2.43 bits per heavy atom. The van der Waals surface area contributed by atoms with E-state index in [4.69, 9.17) is 5.11 Å². The van der Waals surface area contributed by atoms with Crippen molar-refractivity contribution in [2.45, 2.75) is 6.23 Å². The molecule has 7 heavy (non-hydrogen) atoms. The summed E-state index contributed by atoms with van der Waals surface area (Å²) in [5.74, 6) is 0. The molecule has 0 aliphatic heterocycles. The molecule has 41 valence electrons. The molecule has 1 radical (unpaired) electrons. The smallest absolute Gasteiger partial charge is 0.314 e. The van der Waals surface area contributed by atoms with Gasteiger partial charge >= 0.3 is 6.03 Å². The summed E-state index contributed by atoms with van der Waals surface area (Å²) >= 11 is 0. The number of carbonyl (C=O) groups excluding carboxylic acids is 1. The van der Waals surface area contributed by atoms with E-state index in [1.165, 1.54) is 0 Å². The molecule has 0 fully saturated rings. The standard InChI is InChI=1S/C3H7N2O2/c1-2(6)5-3(4)7/h2,6H,1H2,(H3,4,5,7). The van der Waals surface area contributed by atoms with Crippen molar-refractivity contribution in [2.24, 2.45) is 5.73 Å². The van der Waals surface area contributed by atoms with Crippen molar-refractivity contribution < 1.29 is 9.90 Å². The first-order valence-electron chi connectivity index (χ1n) is 1.70. The summed E-state index contributed by atoms with van der Waals surface area (Å²) in [6, 6.07) is -0.775. The van der Waals surface area contributed by atoms with Gasteiger partial charge in [0.25, 0.3) is 0 Å². The molecule has 0 aromatic carbocycles. The van der Waals surface area contributed by atoms with Crippen LogP contribution in [0.1, 0.15) is 0 Å². The lowest BCUT2D eigenvalue weighted by molar-refractivity contribution is 0.181. The summed E-state index contributed by atoms with van der Waals surface area (Å²) < 4.78 is 0. The minimum Gasteiger partial charge on any atom is -0.374 e. The molecule has 0 aliphatic carbocycles. The maximum Gasteiger partial charge on any atom is 0.314 e. The Morgan fingerprint density at radius 2 is 2.43 bits per heavy atom. The van der Waals surface area contributed by atoms with Crippen molar-refractivity contribution in [3.63, 3.8) is 0 Å². The molecule has 4 N–H and O–H groups in total. The number of aliphatic hydroxyl groups excluding tert-OH is 1. The molecular weight excluding hydrogens is 96.0 g/mol. The van der Waals surface area contributed by atoms with Gasteiger partial charge in [-0.1, -0.05) is 0 Å². The Morgan fingerprint density at radius 1 is 2.00 bits per heavy atom. The molecule has 0 aliphatic rings. The number of rotatable bonds is 1. The molecule has 0 spiro atoms. The van der Waals surface area contributed by atoms with Crippen LogP contribution in [-0.2, 0) is 0 Å². The highest BCUT2D eigenvalue weighted by atomic mass is 16.3. The second-order valence-electron chi connectivity index (χ2n) is 1.02. The van der Waals surface area contributed by atoms with Gasteiger partial charge < -0.3 is 16.2 Å². The first-order chi connectivity index (χ1) is 3.13. The molecular formula is C3H7N2O2. The van der Waals surface area contributed by atoms with Crippen LogP contribution in [0.15, 0.2) is 0 Å². The first kappa shape index (κ1) is 6.23. The SMILES string of the molecule is [CH2]C(O)NC(N)=O. The van der Waals surface area contributed by atoms with E-state index in [9.17, 15) is 4.79 Å². The van der Waals surface area contributed by atoms with Crippen LogP contribution >= 0.6 is 0 Å². The lowest BCUT2D eigenvalue weighted by Crippen LogP contribution is -2.36. The molecule has 0 aromatic rings. The van der Waals surface area contributed by atoms with Gasteiger partial charge in [0.05, 0.1) is 0 Å². The maximum atomic E-state index is 9.72. The molecule has 4 heteroatoms. The number of aliphatic hydroxyl groups is 1. The molecule has 1 unspecified atom stereocenters. The number of primary amides is 1. The number of carbonyl (C=O) groups is 1. The predicted octanol–water partition coefficient (Wildman–Crippen LogP) is -1.19. The Hall–Kier alpha value is -0.770. The first-order valence-corrected chi connectivity index (χ1v) is 1.70. The van der Waals surface area contributed by atoms with Crippen LogP contribution in [0.4, 0.5) is 4.79 Å². The van der Waals surface area contributed by atoms with Gasteiger partial charge in [0.1, 0.15) is 6.23 Å². The summed E-state index contributed by atoms with van der Waals surface area (Å²) in [5.41, 5.74) is 4.54. The van der Waals surface area contributed by atoms with Gasteiger partial charge in [-0.25, -0.2) is 4.79 Å². The second kappa shape index (κ2) is 2.41. The lowest BCUT2D eigenvalue weighted by atomic mass is 10.7. The Labute approximate surface area is 41.3 Å². The third-order valence-corrected chi connectivity index (χ3v) is 0.309. The molecule has 2 amide bonds. The van der Waals surface area contributed by atoms with E-state index in [1.807, 2.05) is 5.32 Å². The molecule has 0 heterocycles. The van der Waals surface area contributed by atoms with Crippen LogP contribution in [0.25, 0.3) is 0 Å². The van der Waals surface area contributed by atoms with Crippen LogP contribution < -0.4 is 11.1 Å². The fourth-order valence-corrected chi connectivity index (χ4v) is 0.164. The van der Waals surface area contributed by atoms with Crippen molar-refractivity contribution in [1.29, 1.82) is 0 Å². The van der Waals surface area contributed by atoms with E-state index >= 15 is 0 Å². The monoisotopic (exact) mass is 103 g/mol. The van der Waals surface area contributed by atoms with Crippen LogP contribution in [0, 0.1) is 6.92 Å². The summed E-state index contributed by atoms with van der Waals surface area (Å²) in [6.45, 7) is 3.02. The van der Waals surface area contributed by atoms with Gasteiger partial charge in [0.15, 0.2) is 0 Å². The fraction of sp³-hybridized carbons (Fsp3) is 0.333. The van der Waals surface area contributed by atoms with Crippen molar-refractivity contribution >= 4 is 6.03 Å². The van der Waals surface area contributed by atoms with E-state index in [0.717, 1.165) is 0 Å². The van der Waals surface area contributed by atoms with E-state index in [-0.39, 0.29) is 0 Å². The third kappa shape index (κ3) is 5.23. The highest BCUT2D eigenvalue weighted by Crippen LogP contribution is 1.64. The predicted molar refractivity (Wildman–Crippen MR) is 24.1 cm³/mol. The third-order valence-electron chi connectivity index (χ3n) is 0.309. The lowest BCUT2D eigenvalue weighted by Gasteiger charge is -2.00. The van der Waals surface area contributed by atoms with E-state index in [0.29, 0.717) is 0 Å². The number of nitrogens with two attached hydrogens (primary N) is 1. The number of hydrogen-bond acceptors (Lipinski definition) is 2. The second-order valence-corrected chi connectivity index (χ2v) is 1.02. The van der Waals surface area contributed by atoms with Gasteiger partial charge in [-0.3, -0.25) is 0 Å². The number of hydrogen-bond donors (Lipinski definition) is 3. The summed E-state index contributed by atoms with van der Waals surface area (Å²) in [6.07, 6.45) is -1.10. The zero-order valence-corrected chi connectivity index (χ0v) is 3.72. The van der Waals surface area contributed by atoms with Gasteiger partial charge in [-0.15, -0.1) is 0 Å². The quantitative estimate of drug-likeness (QED) is 0.365. The topological polar surface area (TPSA) is 75.3 Å². The van der Waals surface area contributed by atoms with Crippen LogP contribution in [-0.4, -0.2) is 17.4 Å². The van der Waals surface area contributed by atoms with Crippen molar-refractivity contribution in [1.82, 2.24) is 5.32 Å². The Kier molecular flexibility index (Phi) is 2.15. The summed E-state index contributed by atoms with van der Waals surface area (Å²) in [5, 5.41) is 10.1. The fourth-order valence-electron chi connectivity index (χ4n) is 0.164. The number of amides is 2. The van der Waals surface area contributed by atoms with Gasteiger partial charge in [0, 0.05) is 0 Å². The molecule has 0 aromatic heterocycles. The van der Waals surface area contributed by atoms with E-state index < -0.39 is 12.3 Å². The average molecular weight is 103 g/mol. The van der Waals surface area contributed by atoms with Crippen LogP contribution in [0.2, 0.25) is 0 Å². The minimum absolute atomic E-state index is 0.775. The molecule has 0 saturated heterocycles. The van der Waals surface area contributed by atoms with Crippen molar-refractivity contribution in [3.8, 4) is 0 Å². The van der Waals surface area contributed by atoms with Crippen molar-refractivity contribution in [3.05, 3.63) is 6.92 Å². The van der Waals surface area contributed by atoms with E-state index in [1.54, 1.807) is 0 Å². The number of urea groups is 1. The highest BCUT2D eigenvalue weighted by molar-refractivity contribution is 5.71. The summed E-state index contributed by atoms with van der Waals surface area (Å²) in [7, 11) is 0. The molecule has 0 bridgehead atoms. The average Bonchev–Trinajstić information content (AvgIpc) is 1.27. The number of nitrogens with one attached hydrogen (secondary N) is 1. The normalized spacial score (nSPS) is 12.9. The molecule has 0 saturated carbocycles. The summed E-state index contributed by atoms with van der Waals surface area (Å²) in [4.78, 5) is 9.72. The van der Waals surface area contributed by atoms with Crippen LogP contribution in [0.3, 0.4) is 0 Å². The Balaban J connectivity index is 3.13. The molecule has 1 atom stereocenters. The largest absolute Gasteiger partial charge is 0.374 e. The van der Waals surface area contributed by atoms with Crippen LogP contribution in [0.5, 0.6) is 0 Å². The highest BCUT2D eigenvalue weighted by Gasteiger charge is 1.93. The minimum atomic E-state index is -1.10. The van der Waals surface area contributed by atoms with Gasteiger partial charge in [-0.2, -0.15) is 0 Å². The van der Waals surface area contributed by atoms with Gasteiger partial charge in [0.2, 0.25) is 0 Å². The van der Waals surface area contributed by atoms with Crippen molar-refractivity contribution in [2.75, 3.05) is 0 Å². The van der Waals surface area contributed by atoms with E-state index in [2.05, 4.69) is 12.7 Å². The molecule has 4 nitrogen and oxygen atoms in total. The molecule has 0 rings (SSSR count).